The topological polar surface area (TPSA) is 87.4 Å². The number of amides is 1. The zero-order valence-corrected chi connectivity index (χ0v) is 10.7. The van der Waals surface area contributed by atoms with Gasteiger partial charge in [0, 0.05) is 6.04 Å². The number of carbonyl (C=O) groups is 1. The minimum absolute atomic E-state index is 0.122. The van der Waals surface area contributed by atoms with E-state index in [9.17, 15) is 14.3 Å². The van der Waals surface area contributed by atoms with E-state index in [4.69, 9.17) is 5.11 Å². The third-order valence-corrected chi connectivity index (χ3v) is 2.66. The third-order valence-electron chi connectivity index (χ3n) is 2.66. The number of halogens is 1. The molecule has 0 saturated carbocycles. The van der Waals surface area contributed by atoms with E-state index < -0.39 is 17.8 Å². The summed E-state index contributed by atoms with van der Waals surface area (Å²) in [6.07, 6.45) is 1.15. The molecule has 0 aliphatic carbocycles. The lowest BCUT2D eigenvalue weighted by Gasteiger charge is -2.08. The molecule has 1 unspecified atom stereocenters. The van der Waals surface area contributed by atoms with Crippen LogP contribution in [0, 0.1) is 5.82 Å². The molecule has 0 saturated heterocycles. The zero-order valence-electron chi connectivity index (χ0n) is 10.7. The Kier molecular flexibility index (Phi) is 3.99. The monoisotopic (exact) mass is 279 g/mol. The van der Waals surface area contributed by atoms with E-state index >= 15 is 0 Å². The lowest BCUT2D eigenvalue weighted by molar-refractivity contribution is 0.0914. The van der Waals surface area contributed by atoms with Gasteiger partial charge < -0.3 is 15.5 Å². The number of aliphatic hydroxyl groups is 1. The van der Waals surface area contributed by atoms with Crippen LogP contribution in [0.5, 0.6) is 5.75 Å². The number of aromatic nitrogens is 2. The number of rotatable bonds is 4. The van der Waals surface area contributed by atoms with Crippen LogP contribution >= 0.6 is 0 Å². The van der Waals surface area contributed by atoms with Crippen molar-refractivity contribution in [3.63, 3.8) is 0 Å². The van der Waals surface area contributed by atoms with Gasteiger partial charge in [-0.1, -0.05) is 12.1 Å². The molecule has 0 radical (unpaired) electrons. The second kappa shape index (κ2) is 5.70. The molecular weight excluding hydrogens is 265 g/mol. The fraction of sp³-hybridized carbons (Fsp3) is 0.231. The molecule has 2 aromatic rings. The molecule has 1 atom stereocenters. The van der Waals surface area contributed by atoms with E-state index in [1.807, 2.05) is 0 Å². The summed E-state index contributed by atoms with van der Waals surface area (Å²) in [5.41, 5.74) is -0.106. The molecule has 0 spiro atoms. The predicted octanol–water partition coefficient (Wildman–Crippen LogP) is 0.828. The first-order chi connectivity index (χ1) is 9.52. The quantitative estimate of drug-likeness (QED) is 0.773. The van der Waals surface area contributed by atoms with Gasteiger partial charge in [-0.2, -0.15) is 5.10 Å². The van der Waals surface area contributed by atoms with Gasteiger partial charge in [-0.3, -0.25) is 4.79 Å². The fourth-order valence-corrected chi connectivity index (χ4v) is 1.63. The van der Waals surface area contributed by atoms with Crippen LogP contribution in [-0.2, 0) is 0 Å². The summed E-state index contributed by atoms with van der Waals surface area (Å²) < 4.78 is 14.7. The Morgan fingerprint density at radius 2 is 2.20 bits per heavy atom. The van der Waals surface area contributed by atoms with Gasteiger partial charge in [0.05, 0.1) is 12.8 Å². The summed E-state index contributed by atoms with van der Waals surface area (Å²) in [6, 6.07) is 5.39. The van der Waals surface area contributed by atoms with Crippen molar-refractivity contribution in [1.82, 2.24) is 15.1 Å². The molecule has 6 nitrogen and oxygen atoms in total. The third kappa shape index (κ3) is 2.77. The minimum atomic E-state index is -0.640. The fourth-order valence-electron chi connectivity index (χ4n) is 1.63. The maximum atomic E-state index is 13.6. The number of aromatic hydroxyl groups is 1. The Hall–Kier alpha value is -2.41. The van der Waals surface area contributed by atoms with Crippen LogP contribution < -0.4 is 5.32 Å². The minimum Gasteiger partial charge on any atom is -0.504 e. The molecule has 1 heterocycles. The van der Waals surface area contributed by atoms with E-state index in [2.05, 4.69) is 10.4 Å². The molecule has 3 N–H and O–H groups in total. The van der Waals surface area contributed by atoms with E-state index in [0.717, 1.165) is 10.9 Å². The van der Waals surface area contributed by atoms with Crippen LogP contribution in [0.4, 0.5) is 4.39 Å². The average Bonchev–Trinajstić information content (AvgIpc) is 2.81. The lowest BCUT2D eigenvalue weighted by atomic mass is 10.3. The molecule has 7 heteroatoms. The first kappa shape index (κ1) is 14.0. The van der Waals surface area contributed by atoms with Crippen LogP contribution in [0.25, 0.3) is 5.69 Å². The van der Waals surface area contributed by atoms with Crippen molar-refractivity contribution in [2.45, 2.75) is 13.0 Å². The zero-order chi connectivity index (χ0) is 14.7. The SMILES string of the molecule is CC(CO)NC(=O)c1nn(-c2ccccc2F)cc1O. The molecule has 2 rings (SSSR count). The van der Waals surface area contributed by atoms with Gasteiger partial charge in [0.1, 0.15) is 11.5 Å². The van der Waals surface area contributed by atoms with Crippen molar-refractivity contribution in [3.8, 4) is 11.4 Å². The molecule has 0 aliphatic heterocycles. The number of carbonyl (C=O) groups excluding carboxylic acids is 1. The average molecular weight is 279 g/mol. The van der Waals surface area contributed by atoms with Crippen molar-refractivity contribution < 1.29 is 19.4 Å². The van der Waals surface area contributed by atoms with Crippen LogP contribution in [0.15, 0.2) is 30.5 Å². The van der Waals surface area contributed by atoms with Gasteiger partial charge in [0.2, 0.25) is 0 Å². The van der Waals surface area contributed by atoms with E-state index in [0.29, 0.717) is 0 Å². The number of nitrogens with zero attached hydrogens (tertiary/aromatic N) is 2. The first-order valence-electron chi connectivity index (χ1n) is 5.98. The summed E-state index contributed by atoms with van der Waals surface area (Å²) in [4.78, 5) is 11.8. The van der Waals surface area contributed by atoms with Gasteiger partial charge in [-0.25, -0.2) is 9.07 Å². The van der Waals surface area contributed by atoms with Crippen LogP contribution in [0.2, 0.25) is 0 Å². The Labute approximate surface area is 114 Å². The molecule has 1 aromatic heterocycles. The summed E-state index contributed by atoms with van der Waals surface area (Å²) >= 11 is 0. The number of para-hydroxylation sites is 1. The van der Waals surface area contributed by atoms with Gasteiger partial charge in [0.25, 0.3) is 5.91 Å². The summed E-state index contributed by atoms with van der Waals surface area (Å²) in [6.45, 7) is 1.36. The highest BCUT2D eigenvalue weighted by Gasteiger charge is 2.19. The molecule has 0 fully saturated rings. The van der Waals surface area contributed by atoms with E-state index in [1.54, 1.807) is 13.0 Å². The predicted molar refractivity (Wildman–Crippen MR) is 69.2 cm³/mol. The smallest absolute Gasteiger partial charge is 0.275 e. The number of hydrogen-bond donors (Lipinski definition) is 3. The van der Waals surface area contributed by atoms with Crippen molar-refractivity contribution in [2.75, 3.05) is 6.61 Å². The van der Waals surface area contributed by atoms with E-state index in [1.165, 1.54) is 18.2 Å². The standard InChI is InChI=1S/C13H14FN3O3/c1-8(7-18)15-13(20)12-11(19)6-17(16-12)10-5-3-2-4-9(10)14/h2-6,8,18-19H,7H2,1H3,(H,15,20). The largest absolute Gasteiger partial charge is 0.504 e. The highest BCUT2D eigenvalue weighted by Crippen LogP contribution is 2.19. The normalized spacial score (nSPS) is 12.2. The number of aliphatic hydroxyl groups excluding tert-OH is 1. The second-order valence-electron chi connectivity index (χ2n) is 4.32. The van der Waals surface area contributed by atoms with Crippen molar-refractivity contribution in [2.24, 2.45) is 0 Å². The Morgan fingerprint density at radius 3 is 2.85 bits per heavy atom. The van der Waals surface area contributed by atoms with Crippen LogP contribution in [0.1, 0.15) is 17.4 Å². The molecule has 0 aliphatic rings. The van der Waals surface area contributed by atoms with Gasteiger partial charge in [0.15, 0.2) is 11.4 Å². The van der Waals surface area contributed by atoms with E-state index in [-0.39, 0.29) is 23.7 Å². The number of benzene rings is 1. The first-order valence-corrected chi connectivity index (χ1v) is 5.98. The summed E-state index contributed by atoms with van der Waals surface area (Å²) in [7, 11) is 0. The van der Waals surface area contributed by atoms with Crippen molar-refractivity contribution in [3.05, 3.63) is 42.0 Å². The second-order valence-corrected chi connectivity index (χ2v) is 4.32. The van der Waals surface area contributed by atoms with Crippen LogP contribution in [0.3, 0.4) is 0 Å². The molecule has 106 valence electrons. The Bertz CT molecular complexity index is 627. The molecule has 1 amide bonds. The van der Waals surface area contributed by atoms with Crippen LogP contribution in [-0.4, -0.2) is 38.5 Å². The molecule has 1 aromatic carbocycles. The van der Waals surface area contributed by atoms with Gasteiger partial charge >= 0.3 is 0 Å². The summed E-state index contributed by atoms with van der Waals surface area (Å²) in [5.74, 6) is -1.53. The Morgan fingerprint density at radius 1 is 1.50 bits per heavy atom. The lowest BCUT2D eigenvalue weighted by Crippen LogP contribution is -2.35. The molecule has 0 bridgehead atoms. The Balaban J connectivity index is 2.31. The highest BCUT2D eigenvalue weighted by atomic mass is 19.1. The maximum Gasteiger partial charge on any atom is 0.275 e. The van der Waals surface area contributed by atoms with Gasteiger partial charge in [-0.15, -0.1) is 0 Å². The number of nitrogens with one attached hydrogen (secondary N) is 1. The van der Waals surface area contributed by atoms with Crippen molar-refractivity contribution in [1.29, 1.82) is 0 Å². The summed E-state index contributed by atoms with van der Waals surface area (Å²) in [5, 5.41) is 24.9. The maximum absolute atomic E-state index is 13.6. The van der Waals surface area contributed by atoms with Crippen molar-refractivity contribution >= 4 is 5.91 Å². The molecule has 20 heavy (non-hydrogen) atoms. The molecular formula is C13H14FN3O3. The van der Waals surface area contributed by atoms with Gasteiger partial charge in [-0.05, 0) is 19.1 Å². The highest BCUT2D eigenvalue weighted by molar-refractivity contribution is 5.95. The number of hydrogen-bond acceptors (Lipinski definition) is 4.